The lowest BCUT2D eigenvalue weighted by atomic mass is 9.92. The third-order valence-corrected chi connectivity index (χ3v) is 7.24. The Labute approximate surface area is 201 Å². The molecule has 0 spiro atoms. The monoisotopic (exact) mass is 456 g/mol. The van der Waals surface area contributed by atoms with E-state index in [0.717, 1.165) is 49.4 Å². The summed E-state index contributed by atoms with van der Waals surface area (Å²) >= 11 is 0. The van der Waals surface area contributed by atoms with Crippen LogP contribution in [0.3, 0.4) is 0 Å². The standard InChI is InChI=1S/C29H32N2O3/c1-33-27-12-6-5-10-24(27)20-31-19-23-9-4-3-8-22(23)18-26(31)29(32)30-16-14-21-11-7-13-28(34-2)25(21)15-17-30/h3-13,26H,14-20H2,1-2H3. The van der Waals surface area contributed by atoms with E-state index in [4.69, 9.17) is 9.47 Å². The van der Waals surface area contributed by atoms with Gasteiger partial charge in [0.2, 0.25) is 5.91 Å². The predicted octanol–water partition coefficient (Wildman–Crippen LogP) is 4.26. The van der Waals surface area contributed by atoms with Gasteiger partial charge in [-0.05, 0) is 53.6 Å². The van der Waals surface area contributed by atoms with Gasteiger partial charge in [-0.2, -0.15) is 0 Å². The number of nitrogens with zero attached hydrogens (tertiary/aromatic N) is 2. The van der Waals surface area contributed by atoms with E-state index in [1.807, 2.05) is 30.3 Å². The fourth-order valence-electron chi connectivity index (χ4n) is 5.40. The third-order valence-electron chi connectivity index (χ3n) is 7.24. The van der Waals surface area contributed by atoms with Gasteiger partial charge in [-0.15, -0.1) is 0 Å². The largest absolute Gasteiger partial charge is 0.496 e. The van der Waals surface area contributed by atoms with Gasteiger partial charge in [0.1, 0.15) is 11.5 Å². The lowest BCUT2D eigenvalue weighted by Gasteiger charge is -2.38. The topological polar surface area (TPSA) is 42.0 Å². The second kappa shape index (κ2) is 9.90. The minimum atomic E-state index is -0.192. The van der Waals surface area contributed by atoms with Crippen LogP contribution in [0.25, 0.3) is 0 Å². The van der Waals surface area contributed by atoms with Crippen LogP contribution in [-0.2, 0) is 37.1 Å². The number of carbonyl (C=O) groups is 1. The van der Waals surface area contributed by atoms with Crippen molar-refractivity contribution in [2.24, 2.45) is 0 Å². The number of methoxy groups -OCH3 is 2. The van der Waals surface area contributed by atoms with Crippen molar-refractivity contribution in [1.82, 2.24) is 9.80 Å². The van der Waals surface area contributed by atoms with Gasteiger partial charge in [-0.3, -0.25) is 9.69 Å². The Morgan fingerprint density at radius 3 is 2.32 bits per heavy atom. The number of ether oxygens (including phenoxy) is 2. The summed E-state index contributed by atoms with van der Waals surface area (Å²) in [4.78, 5) is 18.4. The zero-order valence-corrected chi connectivity index (χ0v) is 20.0. The highest BCUT2D eigenvalue weighted by molar-refractivity contribution is 5.83. The molecule has 2 aliphatic rings. The van der Waals surface area contributed by atoms with Crippen LogP contribution in [0.2, 0.25) is 0 Å². The first-order valence-corrected chi connectivity index (χ1v) is 12.0. The van der Waals surface area contributed by atoms with Crippen LogP contribution in [0, 0.1) is 0 Å². The molecule has 1 atom stereocenters. The smallest absolute Gasteiger partial charge is 0.240 e. The molecule has 1 amide bonds. The summed E-state index contributed by atoms with van der Waals surface area (Å²) in [6.07, 6.45) is 2.41. The van der Waals surface area contributed by atoms with Gasteiger partial charge in [0.25, 0.3) is 0 Å². The maximum atomic E-state index is 14.0. The fraction of sp³-hybridized carbons (Fsp3) is 0.345. The van der Waals surface area contributed by atoms with Crippen molar-refractivity contribution < 1.29 is 14.3 Å². The molecule has 0 radical (unpaired) electrons. The van der Waals surface area contributed by atoms with E-state index in [1.54, 1.807) is 14.2 Å². The molecule has 0 saturated heterocycles. The van der Waals surface area contributed by atoms with Crippen molar-refractivity contribution in [3.05, 3.63) is 94.5 Å². The van der Waals surface area contributed by atoms with Crippen LogP contribution in [0.1, 0.15) is 27.8 Å². The maximum Gasteiger partial charge on any atom is 0.240 e. The van der Waals surface area contributed by atoms with Crippen LogP contribution in [0.15, 0.2) is 66.7 Å². The molecule has 176 valence electrons. The summed E-state index contributed by atoms with van der Waals surface area (Å²) in [5.41, 5.74) is 6.20. The van der Waals surface area contributed by atoms with Crippen LogP contribution >= 0.6 is 0 Å². The molecular formula is C29H32N2O3. The van der Waals surface area contributed by atoms with Gasteiger partial charge < -0.3 is 14.4 Å². The highest BCUT2D eigenvalue weighted by Gasteiger charge is 2.35. The molecule has 0 N–H and O–H groups in total. The molecule has 0 bridgehead atoms. The van der Waals surface area contributed by atoms with Gasteiger partial charge in [-0.25, -0.2) is 0 Å². The number of carbonyl (C=O) groups excluding carboxylic acids is 1. The summed E-state index contributed by atoms with van der Waals surface area (Å²) in [5.74, 6) is 2.01. The number of hydrogen-bond donors (Lipinski definition) is 0. The van der Waals surface area contributed by atoms with Crippen molar-refractivity contribution >= 4 is 5.91 Å². The first-order valence-electron chi connectivity index (χ1n) is 12.0. The maximum absolute atomic E-state index is 14.0. The van der Waals surface area contributed by atoms with Crippen LogP contribution in [-0.4, -0.2) is 49.1 Å². The summed E-state index contributed by atoms with van der Waals surface area (Å²) < 4.78 is 11.2. The Morgan fingerprint density at radius 1 is 0.824 bits per heavy atom. The minimum absolute atomic E-state index is 0.192. The molecule has 2 aliphatic heterocycles. The Kier molecular flexibility index (Phi) is 6.54. The molecule has 3 aromatic rings. The number of amides is 1. The van der Waals surface area contributed by atoms with E-state index >= 15 is 0 Å². The second-order valence-corrected chi connectivity index (χ2v) is 9.13. The van der Waals surface area contributed by atoms with Crippen LogP contribution < -0.4 is 9.47 Å². The summed E-state index contributed by atoms with van der Waals surface area (Å²) in [6, 6.07) is 22.6. The molecule has 0 saturated carbocycles. The lowest BCUT2D eigenvalue weighted by molar-refractivity contribution is -0.137. The Bertz CT molecular complexity index is 1180. The Balaban J connectivity index is 1.41. The van der Waals surface area contributed by atoms with Crippen molar-refractivity contribution in [1.29, 1.82) is 0 Å². The predicted molar refractivity (Wildman–Crippen MR) is 133 cm³/mol. The summed E-state index contributed by atoms with van der Waals surface area (Å²) in [6.45, 7) is 2.88. The van der Waals surface area contributed by atoms with Gasteiger partial charge in [0.05, 0.1) is 20.3 Å². The molecule has 3 aromatic carbocycles. The van der Waals surface area contributed by atoms with E-state index in [-0.39, 0.29) is 11.9 Å². The molecular weight excluding hydrogens is 424 g/mol. The van der Waals surface area contributed by atoms with E-state index < -0.39 is 0 Å². The lowest BCUT2D eigenvalue weighted by Crippen LogP contribution is -2.51. The van der Waals surface area contributed by atoms with E-state index in [1.165, 1.54) is 22.3 Å². The van der Waals surface area contributed by atoms with Gasteiger partial charge >= 0.3 is 0 Å². The van der Waals surface area contributed by atoms with Crippen molar-refractivity contribution in [3.8, 4) is 11.5 Å². The van der Waals surface area contributed by atoms with Gasteiger partial charge in [0, 0.05) is 31.7 Å². The normalized spacial score (nSPS) is 17.9. The first-order chi connectivity index (χ1) is 16.7. The average molecular weight is 457 g/mol. The van der Waals surface area contributed by atoms with Crippen LogP contribution in [0.5, 0.6) is 11.5 Å². The average Bonchev–Trinajstić information content (AvgIpc) is 3.11. The third kappa shape index (κ3) is 4.40. The molecule has 0 aromatic heterocycles. The van der Waals surface area contributed by atoms with E-state index in [2.05, 4.69) is 46.2 Å². The number of rotatable bonds is 5. The minimum Gasteiger partial charge on any atom is -0.496 e. The van der Waals surface area contributed by atoms with Gasteiger partial charge in [0.15, 0.2) is 0 Å². The molecule has 0 fully saturated rings. The van der Waals surface area contributed by atoms with E-state index in [9.17, 15) is 4.79 Å². The molecule has 5 heteroatoms. The molecule has 2 heterocycles. The zero-order valence-electron chi connectivity index (χ0n) is 20.0. The van der Waals surface area contributed by atoms with E-state index in [0.29, 0.717) is 13.1 Å². The molecule has 1 unspecified atom stereocenters. The molecule has 0 aliphatic carbocycles. The van der Waals surface area contributed by atoms with Gasteiger partial charge in [-0.1, -0.05) is 54.6 Å². The second-order valence-electron chi connectivity index (χ2n) is 9.13. The highest BCUT2D eigenvalue weighted by Crippen LogP contribution is 2.30. The fourth-order valence-corrected chi connectivity index (χ4v) is 5.40. The Morgan fingerprint density at radius 2 is 1.50 bits per heavy atom. The first kappa shape index (κ1) is 22.5. The van der Waals surface area contributed by atoms with Crippen LogP contribution in [0.4, 0.5) is 0 Å². The number of hydrogen-bond acceptors (Lipinski definition) is 4. The van der Waals surface area contributed by atoms with Crippen molar-refractivity contribution in [3.63, 3.8) is 0 Å². The Hall–Kier alpha value is -3.31. The molecule has 5 rings (SSSR count). The summed E-state index contributed by atoms with van der Waals surface area (Å²) in [5, 5.41) is 0. The number of benzene rings is 3. The highest BCUT2D eigenvalue weighted by atomic mass is 16.5. The molecule has 5 nitrogen and oxygen atoms in total. The van der Waals surface area contributed by atoms with Crippen molar-refractivity contribution in [2.45, 2.75) is 38.4 Å². The SMILES string of the molecule is COc1ccccc1CN1Cc2ccccc2CC1C(=O)N1CCc2cccc(OC)c2CC1. The summed E-state index contributed by atoms with van der Waals surface area (Å²) in [7, 11) is 3.43. The molecule has 34 heavy (non-hydrogen) atoms. The van der Waals surface area contributed by atoms with Crippen molar-refractivity contribution in [2.75, 3.05) is 27.3 Å². The number of fused-ring (bicyclic) bond motifs is 2. The quantitative estimate of drug-likeness (QED) is 0.575. The number of para-hydroxylation sites is 1. The zero-order chi connectivity index (χ0) is 23.5.